The van der Waals surface area contributed by atoms with Crippen LogP contribution in [-0.2, 0) is 9.59 Å². The van der Waals surface area contributed by atoms with Gasteiger partial charge in [-0.15, -0.1) is 0 Å². The number of nitrogens with two attached hydrogens (primary N) is 1. The van der Waals surface area contributed by atoms with Crippen LogP contribution in [0.15, 0.2) is 0 Å². The molecule has 1 heterocycles. The first-order valence-corrected chi connectivity index (χ1v) is 10.4. The monoisotopic (exact) mass is 404 g/mol. The van der Waals surface area contributed by atoms with Crippen LogP contribution in [0, 0.1) is 5.92 Å². The summed E-state index contributed by atoms with van der Waals surface area (Å²) in [7, 11) is 0. The molecule has 5 atom stereocenters. The summed E-state index contributed by atoms with van der Waals surface area (Å²) in [5.41, 5.74) is 5.97. The molecule has 0 spiro atoms. The van der Waals surface area contributed by atoms with E-state index in [4.69, 9.17) is 10.8 Å². The van der Waals surface area contributed by atoms with E-state index in [0.29, 0.717) is 31.2 Å². The van der Waals surface area contributed by atoms with Crippen LogP contribution in [0.2, 0.25) is 0 Å². The average molecular weight is 405 g/mol. The SMILES string of the molecule is CCC(C)C(CN1CCCC1C(=O)NC(CCO)C(=O)O)NC[C@H](N)CS. The summed E-state index contributed by atoms with van der Waals surface area (Å²) in [5, 5.41) is 24.3. The molecule has 8 nitrogen and oxygen atoms in total. The summed E-state index contributed by atoms with van der Waals surface area (Å²) in [4.78, 5) is 26.0. The smallest absolute Gasteiger partial charge is 0.326 e. The van der Waals surface area contributed by atoms with Crippen molar-refractivity contribution in [2.24, 2.45) is 11.7 Å². The molecule has 1 aliphatic heterocycles. The largest absolute Gasteiger partial charge is 0.480 e. The summed E-state index contributed by atoms with van der Waals surface area (Å²) in [6.07, 6.45) is 2.63. The zero-order valence-corrected chi connectivity index (χ0v) is 17.3. The first kappa shape index (κ1) is 24.2. The predicted molar refractivity (Wildman–Crippen MR) is 109 cm³/mol. The average Bonchev–Trinajstić information content (AvgIpc) is 3.11. The van der Waals surface area contributed by atoms with Crippen molar-refractivity contribution >= 4 is 24.5 Å². The summed E-state index contributed by atoms with van der Waals surface area (Å²) >= 11 is 4.22. The third-order valence-electron chi connectivity index (χ3n) is 5.34. The molecule has 0 saturated carbocycles. The number of aliphatic hydroxyl groups is 1. The number of carboxylic acids is 1. The first-order valence-electron chi connectivity index (χ1n) is 9.81. The molecule has 0 bridgehead atoms. The van der Waals surface area contributed by atoms with E-state index in [2.05, 4.69) is 42.0 Å². The molecule has 1 amide bonds. The summed E-state index contributed by atoms with van der Waals surface area (Å²) in [5.74, 6) is -0.371. The fourth-order valence-electron chi connectivity index (χ4n) is 3.35. The van der Waals surface area contributed by atoms with Gasteiger partial charge in [0.25, 0.3) is 0 Å². The Balaban J connectivity index is 2.71. The minimum Gasteiger partial charge on any atom is -0.480 e. The lowest BCUT2D eigenvalue weighted by Crippen LogP contribution is -2.54. The number of nitrogens with one attached hydrogen (secondary N) is 2. The molecule has 158 valence electrons. The van der Waals surface area contributed by atoms with Gasteiger partial charge in [0.05, 0.1) is 6.04 Å². The Labute approximate surface area is 167 Å². The van der Waals surface area contributed by atoms with Gasteiger partial charge in [-0.05, 0) is 25.3 Å². The number of nitrogens with zero attached hydrogens (tertiary/aromatic N) is 1. The highest BCUT2D eigenvalue weighted by molar-refractivity contribution is 7.80. The van der Waals surface area contributed by atoms with Crippen molar-refractivity contribution in [2.75, 3.05) is 32.0 Å². The van der Waals surface area contributed by atoms with Crippen molar-refractivity contribution < 1.29 is 19.8 Å². The van der Waals surface area contributed by atoms with Crippen molar-refractivity contribution in [3.63, 3.8) is 0 Å². The molecule has 27 heavy (non-hydrogen) atoms. The number of carboxylic acid groups (broad SMARTS) is 1. The number of hydrogen-bond acceptors (Lipinski definition) is 7. The number of carbonyl (C=O) groups is 2. The molecule has 0 aromatic rings. The van der Waals surface area contributed by atoms with Crippen LogP contribution in [0.25, 0.3) is 0 Å². The molecular formula is C18H36N4O4S. The number of rotatable bonds is 13. The minimum atomic E-state index is -1.12. The van der Waals surface area contributed by atoms with Gasteiger partial charge in [0.2, 0.25) is 5.91 Å². The lowest BCUT2D eigenvalue weighted by molar-refractivity contribution is -0.143. The van der Waals surface area contributed by atoms with Gasteiger partial charge in [-0.25, -0.2) is 4.79 Å². The highest BCUT2D eigenvalue weighted by Gasteiger charge is 2.34. The Morgan fingerprint density at radius 3 is 2.67 bits per heavy atom. The second kappa shape index (κ2) is 12.6. The topological polar surface area (TPSA) is 128 Å². The number of aliphatic carboxylic acids is 1. The summed E-state index contributed by atoms with van der Waals surface area (Å²) in [6.45, 7) is 6.22. The molecular weight excluding hydrogens is 368 g/mol. The maximum absolute atomic E-state index is 12.6. The third kappa shape index (κ3) is 7.95. The van der Waals surface area contributed by atoms with Crippen molar-refractivity contribution in [2.45, 2.75) is 63.7 Å². The predicted octanol–water partition coefficient (Wildman–Crippen LogP) is -0.336. The van der Waals surface area contributed by atoms with Crippen molar-refractivity contribution in [1.82, 2.24) is 15.5 Å². The van der Waals surface area contributed by atoms with Gasteiger partial charge in [-0.1, -0.05) is 20.3 Å². The van der Waals surface area contributed by atoms with E-state index in [-0.39, 0.29) is 37.1 Å². The Morgan fingerprint density at radius 1 is 1.41 bits per heavy atom. The molecule has 1 rings (SSSR count). The van der Waals surface area contributed by atoms with E-state index >= 15 is 0 Å². The van der Waals surface area contributed by atoms with Gasteiger partial charge in [0, 0.05) is 44.0 Å². The number of likely N-dealkylation sites (tertiary alicyclic amines) is 1. The maximum atomic E-state index is 12.6. The normalized spacial score (nSPS) is 22.2. The van der Waals surface area contributed by atoms with E-state index in [0.717, 1.165) is 19.4 Å². The summed E-state index contributed by atoms with van der Waals surface area (Å²) < 4.78 is 0. The second-order valence-electron chi connectivity index (χ2n) is 7.41. The number of amides is 1. The van der Waals surface area contributed by atoms with Crippen molar-refractivity contribution in [3.8, 4) is 0 Å². The quantitative estimate of drug-likeness (QED) is 0.232. The Hall–Kier alpha value is -0.870. The lowest BCUT2D eigenvalue weighted by Gasteiger charge is -2.33. The van der Waals surface area contributed by atoms with E-state index in [1.807, 2.05) is 0 Å². The highest BCUT2D eigenvalue weighted by atomic mass is 32.1. The number of aliphatic hydroxyl groups excluding tert-OH is 1. The van der Waals surface area contributed by atoms with E-state index in [9.17, 15) is 14.7 Å². The fourth-order valence-corrected chi connectivity index (χ4v) is 3.48. The van der Waals surface area contributed by atoms with Crippen LogP contribution >= 0.6 is 12.6 Å². The van der Waals surface area contributed by atoms with Crippen LogP contribution in [0.1, 0.15) is 39.5 Å². The minimum absolute atomic E-state index is 0.00641. The number of carbonyl (C=O) groups excluding carboxylic acids is 1. The second-order valence-corrected chi connectivity index (χ2v) is 7.77. The van der Waals surface area contributed by atoms with Crippen LogP contribution in [0.5, 0.6) is 0 Å². The van der Waals surface area contributed by atoms with Crippen molar-refractivity contribution in [3.05, 3.63) is 0 Å². The molecule has 4 unspecified atom stereocenters. The third-order valence-corrected chi connectivity index (χ3v) is 5.81. The van der Waals surface area contributed by atoms with E-state index in [1.54, 1.807) is 0 Å². The number of hydrogen-bond donors (Lipinski definition) is 6. The van der Waals surface area contributed by atoms with Gasteiger partial charge in [0.15, 0.2) is 0 Å². The standard InChI is InChI=1S/C18H36N4O4S/c1-3-12(2)15(20-9-13(19)11-27)10-22-7-4-5-16(22)17(24)21-14(6-8-23)18(25)26/h12-16,20,23,27H,3-11,19H2,1-2H3,(H,21,24)(H,25,26)/t12?,13-,14?,15?,16?/m0/s1. The van der Waals surface area contributed by atoms with Gasteiger partial charge >= 0.3 is 5.97 Å². The Bertz CT molecular complexity index is 469. The zero-order valence-electron chi connectivity index (χ0n) is 16.4. The van der Waals surface area contributed by atoms with Gasteiger partial charge in [-0.3, -0.25) is 9.69 Å². The molecule has 0 radical (unpaired) electrons. The van der Waals surface area contributed by atoms with E-state index < -0.39 is 12.0 Å². The molecule has 9 heteroatoms. The molecule has 0 aliphatic carbocycles. The lowest BCUT2D eigenvalue weighted by atomic mass is 9.98. The molecule has 1 fully saturated rings. The van der Waals surface area contributed by atoms with E-state index in [1.165, 1.54) is 0 Å². The fraction of sp³-hybridized carbons (Fsp3) is 0.889. The number of thiol groups is 1. The van der Waals surface area contributed by atoms with Gasteiger partial charge in [0.1, 0.15) is 6.04 Å². The first-order chi connectivity index (χ1) is 12.8. The molecule has 0 aromatic heterocycles. The molecule has 1 aliphatic rings. The van der Waals surface area contributed by atoms with Crippen LogP contribution < -0.4 is 16.4 Å². The van der Waals surface area contributed by atoms with Crippen LogP contribution in [0.3, 0.4) is 0 Å². The Morgan fingerprint density at radius 2 is 2.11 bits per heavy atom. The molecule has 6 N–H and O–H groups in total. The molecule has 0 aromatic carbocycles. The highest BCUT2D eigenvalue weighted by Crippen LogP contribution is 2.20. The molecule has 1 saturated heterocycles. The van der Waals surface area contributed by atoms with Crippen LogP contribution in [-0.4, -0.2) is 83.2 Å². The van der Waals surface area contributed by atoms with Gasteiger partial charge < -0.3 is 26.6 Å². The maximum Gasteiger partial charge on any atom is 0.326 e. The van der Waals surface area contributed by atoms with Crippen LogP contribution in [0.4, 0.5) is 0 Å². The van der Waals surface area contributed by atoms with Gasteiger partial charge in [-0.2, -0.15) is 12.6 Å². The Kier molecular flexibility index (Phi) is 11.2. The van der Waals surface area contributed by atoms with Crippen molar-refractivity contribution in [1.29, 1.82) is 0 Å². The summed E-state index contributed by atoms with van der Waals surface area (Å²) in [6, 6.07) is -1.21. The zero-order chi connectivity index (χ0) is 20.4.